The first kappa shape index (κ1) is 13.4. The van der Waals surface area contributed by atoms with Crippen LogP contribution in [0.1, 0.15) is 23.6 Å². The molecule has 1 N–H and O–H groups in total. The predicted octanol–water partition coefficient (Wildman–Crippen LogP) is 4.70. The Morgan fingerprint density at radius 1 is 1.05 bits per heavy atom. The monoisotopic (exact) mass is 275 g/mol. The highest BCUT2D eigenvalue weighted by atomic mass is 16.3. The van der Waals surface area contributed by atoms with Crippen LogP contribution in [0.2, 0.25) is 0 Å². The first-order valence-electron chi connectivity index (χ1n) is 7.01. The number of nitrogens with zero attached hydrogens (tertiary/aromatic N) is 1. The van der Waals surface area contributed by atoms with Gasteiger partial charge in [0.15, 0.2) is 0 Å². The number of aromatic nitrogens is 1. The first-order valence-corrected chi connectivity index (χ1v) is 7.01. The van der Waals surface area contributed by atoms with Crippen molar-refractivity contribution in [2.45, 2.75) is 13.8 Å². The summed E-state index contributed by atoms with van der Waals surface area (Å²) in [4.78, 5) is 4.38. The number of hydrogen-bond donors (Lipinski definition) is 1. The fraction of sp³-hybridized carbons (Fsp3) is 0.105. The van der Waals surface area contributed by atoms with Crippen LogP contribution in [0.25, 0.3) is 16.5 Å². The topological polar surface area (TPSA) is 33.1 Å². The predicted molar refractivity (Wildman–Crippen MR) is 87.3 cm³/mol. The molecule has 0 aliphatic heterocycles. The number of aromatic hydroxyl groups is 1. The van der Waals surface area contributed by atoms with E-state index in [0.29, 0.717) is 0 Å². The quantitative estimate of drug-likeness (QED) is 0.735. The van der Waals surface area contributed by atoms with Gasteiger partial charge in [0.2, 0.25) is 0 Å². The number of aryl methyl sites for hydroxylation is 1. The maximum absolute atomic E-state index is 10.4. The van der Waals surface area contributed by atoms with Gasteiger partial charge in [-0.3, -0.25) is 4.98 Å². The van der Waals surface area contributed by atoms with E-state index in [1.807, 2.05) is 43.3 Å². The lowest BCUT2D eigenvalue weighted by Crippen LogP contribution is -1.94. The summed E-state index contributed by atoms with van der Waals surface area (Å²) >= 11 is 0. The minimum atomic E-state index is 0.284. The van der Waals surface area contributed by atoms with Gasteiger partial charge in [-0.1, -0.05) is 36.4 Å². The van der Waals surface area contributed by atoms with Gasteiger partial charge in [0.05, 0.1) is 5.52 Å². The second-order valence-electron chi connectivity index (χ2n) is 5.05. The molecule has 1 aromatic heterocycles. The Bertz CT molecular complexity index is 834. The van der Waals surface area contributed by atoms with E-state index in [0.717, 1.165) is 27.6 Å². The average molecular weight is 275 g/mol. The van der Waals surface area contributed by atoms with E-state index in [-0.39, 0.29) is 5.75 Å². The average Bonchev–Trinajstić information content (AvgIpc) is 2.51. The summed E-state index contributed by atoms with van der Waals surface area (Å²) < 4.78 is 0. The normalized spacial score (nSPS) is 11.8. The molecule has 0 bridgehead atoms. The molecule has 0 saturated carbocycles. The van der Waals surface area contributed by atoms with Crippen molar-refractivity contribution in [2.24, 2.45) is 0 Å². The molecule has 104 valence electrons. The second-order valence-corrected chi connectivity index (χ2v) is 5.05. The lowest BCUT2D eigenvalue weighted by Gasteiger charge is -2.14. The van der Waals surface area contributed by atoms with Gasteiger partial charge >= 0.3 is 0 Å². The van der Waals surface area contributed by atoms with E-state index in [1.54, 1.807) is 12.3 Å². The van der Waals surface area contributed by atoms with Gasteiger partial charge in [-0.15, -0.1) is 0 Å². The summed E-state index contributed by atoms with van der Waals surface area (Å²) in [5.74, 6) is 0.284. The van der Waals surface area contributed by atoms with Gasteiger partial charge in [-0.25, -0.2) is 0 Å². The lowest BCUT2D eigenvalue weighted by molar-refractivity contribution is 0.474. The van der Waals surface area contributed by atoms with E-state index in [2.05, 4.69) is 24.0 Å². The summed E-state index contributed by atoms with van der Waals surface area (Å²) in [6.45, 7) is 4.08. The van der Waals surface area contributed by atoms with Gasteiger partial charge in [-0.05, 0) is 48.7 Å². The van der Waals surface area contributed by atoms with Crippen molar-refractivity contribution >= 4 is 16.5 Å². The SMILES string of the molecule is C/C=C(/c1ccccc1C)c1c(O)ccc2ncccc12. The van der Waals surface area contributed by atoms with Crippen molar-refractivity contribution in [2.75, 3.05) is 0 Å². The van der Waals surface area contributed by atoms with Crippen molar-refractivity contribution in [1.82, 2.24) is 4.98 Å². The molecular weight excluding hydrogens is 258 g/mol. The lowest BCUT2D eigenvalue weighted by atomic mass is 9.91. The highest BCUT2D eigenvalue weighted by Crippen LogP contribution is 2.36. The molecule has 0 saturated heterocycles. The van der Waals surface area contributed by atoms with E-state index < -0.39 is 0 Å². The van der Waals surface area contributed by atoms with Crippen molar-refractivity contribution in [3.8, 4) is 5.75 Å². The van der Waals surface area contributed by atoms with Gasteiger partial charge in [-0.2, -0.15) is 0 Å². The minimum absolute atomic E-state index is 0.284. The van der Waals surface area contributed by atoms with Crippen LogP contribution in [0.5, 0.6) is 5.75 Å². The Labute approximate surface area is 124 Å². The molecule has 0 aliphatic carbocycles. The summed E-state index contributed by atoms with van der Waals surface area (Å²) in [7, 11) is 0. The van der Waals surface area contributed by atoms with E-state index >= 15 is 0 Å². The van der Waals surface area contributed by atoms with Gasteiger partial charge in [0, 0.05) is 17.1 Å². The molecule has 0 unspecified atom stereocenters. The zero-order valence-corrected chi connectivity index (χ0v) is 12.2. The minimum Gasteiger partial charge on any atom is -0.507 e. The Hall–Kier alpha value is -2.61. The van der Waals surface area contributed by atoms with Gasteiger partial charge in [0.25, 0.3) is 0 Å². The van der Waals surface area contributed by atoms with Crippen LogP contribution in [-0.2, 0) is 0 Å². The Kier molecular flexibility index (Phi) is 3.44. The molecule has 2 heteroatoms. The van der Waals surface area contributed by atoms with Gasteiger partial charge in [0.1, 0.15) is 5.75 Å². The maximum Gasteiger partial charge on any atom is 0.124 e. The van der Waals surface area contributed by atoms with Crippen molar-refractivity contribution < 1.29 is 5.11 Å². The number of rotatable bonds is 2. The van der Waals surface area contributed by atoms with E-state index in [1.165, 1.54) is 5.56 Å². The molecule has 0 amide bonds. The molecule has 3 aromatic rings. The summed E-state index contributed by atoms with van der Waals surface area (Å²) in [6.07, 6.45) is 3.82. The summed E-state index contributed by atoms with van der Waals surface area (Å²) in [6, 6.07) is 15.7. The molecule has 1 heterocycles. The van der Waals surface area contributed by atoms with E-state index in [9.17, 15) is 5.11 Å². The molecule has 2 aromatic carbocycles. The Morgan fingerprint density at radius 3 is 2.62 bits per heavy atom. The number of benzene rings is 2. The van der Waals surface area contributed by atoms with E-state index in [4.69, 9.17) is 0 Å². The largest absolute Gasteiger partial charge is 0.507 e. The van der Waals surface area contributed by atoms with Gasteiger partial charge < -0.3 is 5.11 Å². The number of hydrogen-bond acceptors (Lipinski definition) is 2. The standard InChI is InChI=1S/C19H17NO/c1-3-14(15-8-5-4-7-13(15)2)19-16-9-6-12-20-17(16)10-11-18(19)21/h3-12,21H,1-2H3/b14-3-. The molecular formula is C19H17NO. The summed E-state index contributed by atoms with van der Waals surface area (Å²) in [5.41, 5.74) is 5.08. The highest BCUT2D eigenvalue weighted by Gasteiger charge is 2.14. The van der Waals surface area contributed by atoms with Crippen molar-refractivity contribution in [3.63, 3.8) is 0 Å². The maximum atomic E-state index is 10.4. The molecule has 3 rings (SSSR count). The number of phenolic OH excluding ortho intramolecular Hbond substituents is 1. The molecule has 0 spiro atoms. The molecule has 0 aliphatic rings. The highest BCUT2D eigenvalue weighted by molar-refractivity contribution is 5.99. The third-order valence-electron chi connectivity index (χ3n) is 3.76. The van der Waals surface area contributed by atoms with Crippen LogP contribution < -0.4 is 0 Å². The second kappa shape index (κ2) is 5.41. The Balaban J connectivity index is 2.33. The smallest absolute Gasteiger partial charge is 0.124 e. The van der Waals surface area contributed by atoms with Crippen LogP contribution in [0.3, 0.4) is 0 Å². The number of allylic oxidation sites excluding steroid dienone is 1. The zero-order valence-electron chi connectivity index (χ0n) is 12.2. The Morgan fingerprint density at radius 2 is 1.86 bits per heavy atom. The van der Waals surface area contributed by atoms with Crippen molar-refractivity contribution in [1.29, 1.82) is 0 Å². The van der Waals surface area contributed by atoms with Crippen molar-refractivity contribution in [3.05, 3.63) is 77.5 Å². The summed E-state index contributed by atoms with van der Waals surface area (Å²) in [5, 5.41) is 11.4. The molecule has 0 atom stereocenters. The van der Waals surface area contributed by atoms with Crippen LogP contribution in [0.4, 0.5) is 0 Å². The molecule has 0 fully saturated rings. The van der Waals surface area contributed by atoms with Crippen LogP contribution in [0, 0.1) is 6.92 Å². The molecule has 0 radical (unpaired) electrons. The molecule has 21 heavy (non-hydrogen) atoms. The van der Waals surface area contributed by atoms with Crippen LogP contribution in [0.15, 0.2) is 60.8 Å². The zero-order chi connectivity index (χ0) is 14.8. The third-order valence-corrected chi connectivity index (χ3v) is 3.76. The number of fused-ring (bicyclic) bond motifs is 1. The number of pyridine rings is 1. The van der Waals surface area contributed by atoms with Crippen LogP contribution in [-0.4, -0.2) is 10.1 Å². The van der Waals surface area contributed by atoms with Crippen LogP contribution >= 0.6 is 0 Å². The fourth-order valence-corrected chi connectivity index (χ4v) is 2.73. The first-order chi connectivity index (χ1) is 10.2. The molecule has 2 nitrogen and oxygen atoms in total. The fourth-order valence-electron chi connectivity index (χ4n) is 2.73. The third kappa shape index (κ3) is 2.29. The number of phenols is 1.